The molecule has 3 nitrogen and oxygen atoms in total. The first-order valence-electron chi connectivity index (χ1n) is 5.36. The lowest BCUT2D eigenvalue weighted by Gasteiger charge is -2.39. The van der Waals surface area contributed by atoms with E-state index in [1.165, 1.54) is 26.4 Å². The largest absolute Gasteiger partial charge is 0.469 e. The van der Waals surface area contributed by atoms with Crippen LogP contribution >= 0.6 is 0 Å². The van der Waals surface area contributed by atoms with Crippen LogP contribution in [0.5, 0.6) is 0 Å². The van der Waals surface area contributed by atoms with Gasteiger partial charge in [0.25, 0.3) is 0 Å². The number of hydrogen-bond donors (Lipinski definition) is 1. The third kappa shape index (κ3) is 3.29. The lowest BCUT2D eigenvalue weighted by Crippen LogP contribution is -2.41. The van der Waals surface area contributed by atoms with Crippen molar-refractivity contribution < 1.29 is 9.53 Å². The molecular formula is C11H21NO2. The molecule has 1 rings (SSSR count). The van der Waals surface area contributed by atoms with E-state index in [4.69, 9.17) is 0 Å². The molecule has 1 aliphatic rings. The molecule has 0 heterocycles. The highest BCUT2D eigenvalue weighted by atomic mass is 16.5. The Balaban J connectivity index is 2.14. The first-order chi connectivity index (χ1) is 6.56. The molecule has 1 unspecified atom stereocenters. The van der Waals surface area contributed by atoms with Crippen molar-refractivity contribution in [2.75, 3.05) is 13.7 Å². The van der Waals surface area contributed by atoms with Gasteiger partial charge in [-0.15, -0.1) is 0 Å². The lowest BCUT2D eigenvalue weighted by atomic mass is 9.70. The van der Waals surface area contributed by atoms with Gasteiger partial charge in [0.2, 0.25) is 0 Å². The summed E-state index contributed by atoms with van der Waals surface area (Å²) in [7, 11) is 1.43. The molecule has 1 aliphatic carbocycles. The Morgan fingerprint density at radius 2 is 2.21 bits per heavy atom. The minimum absolute atomic E-state index is 0.135. The van der Waals surface area contributed by atoms with E-state index in [0.717, 1.165) is 6.54 Å². The first-order valence-corrected chi connectivity index (χ1v) is 5.36. The van der Waals surface area contributed by atoms with Gasteiger partial charge in [-0.25, -0.2) is 0 Å². The summed E-state index contributed by atoms with van der Waals surface area (Å²) in [6, 6.07) is 0.222. The van der Waals surface area contributed by atoms with E-state index in [9.17, 15) is 4.79 Å². The van der Waals surface area contributed by atoms with Crippen LogP contribution in [0.4, 0.5) is 0 Å². The monoisotopic (exact) mass is 199 g/mol. The number of carbonyl (C=O) groups is 1. The fourth-order valence-electron chi connectivity index (χ4n) is 1.78. The second kappa shape index (κ2) is 4.78. The Labute approximate surface area is 86.2 Å². The smallest absolute Gasteiger partial charge is 0.307 e. The van der Waals surface area contributed by atoms with Crippen LogP contribution in [0.25, 0.3) is 0 Å². The van der Waals surface area contributed by atoms with Gasteiger partial charge in [-0.05, 0) is 25.2 Å². The number of rotatable bonds is 5. The molecule has 1 N–H and O–H groups in total. The molecule has 0 aromatic heterocycles. The van der Waals surface area contributed by atoms with Crippen molar-refractivity contribution >= 4 is 5.97 Å². The van der Waals surface area contributed by atoms with E-state index in [2.05, 4.69) is 17.0 Å². The topological polar surface area (TPSA) is 38.3 Å². The maximum Gasteiger partial charge on any atom is 0.307 e. The highest BCUT2D eigenvalue weighted by molar-refractivity contribution is 5.69. The van der Waals surface area contributed by atoms with Gasteiger partial charge in [0, 0.05) is 12.6 Å². The number of methoxy groups -OCH3 is 1. The summed E-state index contributed by atoms with van der Waals surface area (Å²) in [4.78, 5) is 11.0. The third-order valence-corrected chi connectivity index (χ3v) is 3.14. The van der Waals surface area contributed by atoms with Crippen molar-refractivity contribution in [2.45, 2.75) is 45.6 Å². The molecule has 3 heteroatoms. The minimum atomic E-state index is -0.135. The Morgan fingerprint density at radius 3 is 2.64 bits per heavy atom. The second-order valence-electron chi connectivity index (χ2n) is 4.73. The van der Waals surface area contributed by atoms with Gasteiger partial charge >= 0.3 is 5.97 Å². The molecular weight excluding hydrogens is 178 g/mol. The molecule has 0 aromatic rings. The summed E-state index contributed by atoms with van der Waals surface area (Å²) in [6.07, 6.45) is 4.44. The first kappa shape index (κ1) is 11.5. The number of carbonyl (C=O) groups excluding carboxylic acids is 1. The molecule has 0 saturated heterocycles. The molecule has 0 bridgehead atoms. The SMILES string of the molecule is COC(=O)CC(C)NCC1(C)CCC1. The lowest BCUT2D eigenvalue weighted by molar-refractivity contribution is -0.141. The Kier molecular flexibility index (Phi) is 3.93. The van der Waals surface area contributed by atoms with E-state index in [1.807, 2.05) is 6.92 Å². The zero-order chi connectivity index (χ0) is 10.6. The van der Waals surface area contributed by atoms with Crippen LogP contribution in [0.15, 0.2) is 0 Å². The number of ether oxygens (including phenoxy) is 1. The highest BCUT2D eigenvalue weighted by Crippen LogP contribution is 2.39. The number of nitrogens with one attached hydrogen (secondary N) is 1. The summed E-state index contributed by atoms with van der Waals surface area (Å²) in [5, 5.41) is 3.39. The molecule has 1 atom stereocenters. The molecule has 0 aliphatic heterocycles. The Morgan fingerprint density at radius 1 is 1.57 bits per heavy atom. The molecule has 1 saturated carbocycles. The quantitative estimate of drug-likeness (QED) is 0.685. The van der Waals surface area contributed by atoms with Crippen molar-refractivity contribution in [1.29, 1.82) is 0 Å². The van der Waals surface area contributed by atoms with Gasteiger partial charge in [-0.1, -0.05) is 13.3 Å². The summed E-state index contributed by atoms with van der Waals surface area (Å²) < 4.78 is 4.61. The van der Waals surface area contributed by atoms with E-state index >= 15 is 0 Å². The van der Waals surface area contributed by atoms with Crippen molar-refractivity contribution in [1.82, 2.24) is 5.32 Å². The predicted molar refractivity (Wildman–Crippen MR) is 56.1 cm³/mol. The average molecular weight is 199 g/mol. The van der Waals surface area contributed by atoms with Crippen LogP contribution in [0.1, 0.15) is 39.5 Å². The van der Waals surface area contributed by atoms with Crippen molar-refractivity contribution in [3.8, 4) is 0 Å². The fourth-order valence-corrected chi connectivity index (χ4v) is 1.78. The van der Waals surface area contributed by atoms with E-state index in [0.29, 0.717) is 11.8 Å². The van der Waals surface area contributed by atoms with Crippen molar-refractivity contribution in [3.05, 3.63) is 0 Å². The predicted octanol–water partition coefficient (Wildman–Crippen LogP) is 1.72. The average Bonchev–Trinajstić information content (AvgIpc) is 2.11. The van der Waals surface area contributed by atoms with Crippen LogP contribution in [0.2, 0.25) is 0 Å². The molecule has 0 spiro atoms. The zero-order valence-corrected chi connectivity index (χ0v) is 9.43. The summed E-state index contributed by atoms with van der Waals surface area (Å²) in [5.74, 6) is -0.135. The van der Waals surface area contributed by atoms with Crippen LogP contribution < -0.4 is 5.32 Å². The van der Waals surface area contributed by atoms with Crippen LogP contribution in [-0.4, -0.2) is 25.7 Å². The van der Waals surface area contributed by atoms with Crippen LogP contribution in [0, 0.1) is 5.41 Å². The molecule has 0 radical (unpaired) electrons. The molecule has 82 valence electrons. The van der Waals surface area contributed by atoms with Crippen molar-refractivity contribution in [3.63, 3.8) is 0 Å². The molecule has 14 heavy (non-hydrogen) atoms. The molecule has 0 amide bonds. The summed E-state index contributed by atoms with van der Waals surface area (Å²) in [5.41, 5.74) is 0.477. The number of esters is 1. The van der Waals surface area contributed by atoms with Gasteiger partial charge in [0.05, 0.1) is 13.5 Å². The maximum atomic E-state index is 11.0. The van der Waals surface area contributed by atoms with Gasteiger partial charge in [-0.2, -0.15) is 0 Å². The molecule has 0 aromatic carbocycles. The fraction of sp³-hybridized carbons (Fsp3) is 0.909. The van der Waals surface area contributed by atoms with Gasteiger partial charge in [0.1, 0.15) is 0 Å². The summed E-state index contributed by atoms with van der Waals surface area (Å²) >= 11 is 0. The molecule has 1 fully saturated rings. The summed E-state index contributed by atoms with van der Waals surface area (Å²) in [6.45, 7) is 5.35. The van der Waals surface area contributed by atoms with Gasteiger partial charge < -0.3 is 10.1 Å². The third-order valence-electron chi connectivity index (χ3n) is 3.14. The van der Waals surface area contributed by atoms with Crippen molar-refractivity contribution in [2.24, 2.45) is 5.41 Å². The van der Waals surface area contributed by atoms with Gasteiger partial charge in [0.15, 0.2) is 0 Å². The van der Waals surface area contributed by atoms with E-state index in [1.54, 1.807) is 0 Å². The second-order valence-corrected chi connectivity index (χ2v) is 4.73. The van der Waals surface area contributed by atoms with Gasteiger partial charge in [-0.3, -0.25) is 4.79 Å². The van der Waals surface area contributed by atoms with E-state index in [-0.39, 0.29) is 12.0 Å². The highest BCUT2D eigenvalue weighted by Gasteiger charge is 2.31. The van der Waals surface area contributed by atoms with Crippen LogP contribution in [0.3, 0.4) is 0 Å². The minimum Gasteiger partial charge on any atom is -0.469 e. The normalized spacial score (nSPS) is 21.1. The standard InChI is InChI=1S/C11H21NO2/c1-9(7-10(13)14-3)12-8-11(2)5-4-6-11/h9,12H,4-8H2,1-3H3. The maximum absolute atomic E-state index is 11.0. The number of hydrogen-bond acceptors (Lipinski definition) is 3. The Hall–Kier alpha value is -0.570. The Bertz CT molecular complexity index is 199. The van der Waals surface area contributed by atoms with Crippen LogP contribution in [-0.2, 0) is 9.53 Å². The van der Waals surface area contributed by atoms with E-state index < -0.39 is 0 Å². The zero-order valence-electron chi connectivity index (χ0n) is 9.43.